The number of benzene rings is 1. The van der Waals surface area contributed by atoms with Crippen LogP contribution in [0, 0.1) is 11.8 Å². The SMILES string of the molecule is COc1ccc(OC)c(NC(=O)CSC2=NC(C3CCCCC3)=NC3=[N+](C)C(=O)N(C)C(=O)C23)c1. The quantitative estimate of drug-likeness (QED) is 0.601. The highest BCUT2D eigenvalue weighted by atomic mass is 32.2. The standard InChI is InChI=1S/C24H29N5O5S/c1-28-21-19(23(31)29(2)24(28)32)22(27-20(26-21)14-8-6-5-7-9-14)35-13-18(30)25-16-12-15(33-3)10-11-17(16)34-4/h10-12,14,19H,5-9,13H2,1-4H3/p+1. The number of urea groups is 1. The summed E-state index contributed by atoms with van der Waals surface area (Å²) in [7, 11) is 6.13. The van der Waals surface area contributed by atoms with Crippen molar-refractivity contribution in [2.24, 2.45) is 21.8 Å². The van der Waals surface area contributed by atoms with Gasteiger partial charge in [0.1, 0.15) is 16.5 Å². The highest BCUT2D eigenvalue weighted by Gasteiger charge is 2.49. The minimum Gasteiger partial charge on any atom is -0.497 e. The number of carbonyl (C=O) groups is 3. The van der Waals surface area contributed by atoms with Crippen molar-refractivity contribution < 1.29 is 28.4 Å². The Morgan fingerprint density at radius 3 is 2.60 bits per heavy atom. The van der Waals surface area contributed by atoms with Crippen LogP contribution in [-0.4, -0.2) is 78.1 Å². The summed E-state index contributed by atoms with van der Waals surface area (Å²) in [6.45, 7) is 0. The minimum atomic E-state index is -0.806. The third-order valence-electron chi connectivity index (χ3n) is 6.46. The highest BCUT2D eigenvalue weighted by Crippen LogP contribution is 2.32. The van der Waals surface area contributed by atoms with E-state index in [0.717, 1.165) is 30.6 Å². The van der Waals surface area contributed by atoms with E-state index in [0.29, 0.717) is 33.9 Å². The van der Waals surface area contributed by atoms with Gasteiger partial charge in [0.05, 0.1) is 39.8 Å². The molecule has 1 unspecified atom stereocenters. The smallest absolute Gasteiger partial charge is 0.445 e. The van der Waals surface area contributed by atoms with Crippen molar-refractivity contribution in [3.8, 4) is 11.5 Å². The molecule has 1 N–H and O–H groups in total. The van der Waals surface area contributed by atoms with E-state index < -0.39 is 17.9 Å². The second-order valence-electron chi connectivity index (χ2n) is 8.69. The first kappa shape index (κ1) is 24.9. The van der Waals surface area contributed by atoms with Crippen LogP contribution in [0.2, 0.25) is 0 Å². The number of amides is 4. The highest BCUT2D eigenvalue weighted by molar-refractivity contribution is 8.14. The number of carbonyl (C=O) groups excluding carboxylic acids is 3. The summed E-state index contributed by atoms with van der Waals surface area (Å²) in [5, 5.41) is 3.33. The number of amidine groups is 2. The van der Waals surface area contributed by atoms with E-state index >= 15 is 0 Å². The molecule has 4 rings (SSSR count). The van der Waals surface area contributed by atoms with Gasteiger partial charge in [-0.2, -0.15) is 9.48 Å². The lowest BCUT2D eigenvalue weighted by molar-refractivity contribution is -0.407. The van der Waals surface area contributed by atoms with Crippen molar-refractivity contribution in [1.29, 1.82) is 0 Å². The molecule has 186 valence electrons. The van der Waals surface area contributed by atoms with Gasteiger partial charge in [0, 0.05) is 12.0 Å². The molecule has 0 spiro atoms. The van der Waals surface area contributed by atoms with Crippen molar-refractivity contribution in [3.63, 3.8) is 0 Å². The van der Waals surface area contributed by atoms with E-state index in [-0.39, 0.29) is 17.6 Å². The average Bonchev–Trinajstić information content (AvgIpc) is 2.89. The van der Waals surface area contributed by atoms with E-state index in [1.807, 2.05) is 0 Å². The molecule has 0 saturated heterocycles. The van der Waals surface area contributed by atoms with Gasteiger partial charge in [-0.3, -0.25) is 9.59 Å². The van der Waals surface area contributed by atoms with E-state index in [2.05, 4.69) is 10.3 Å². The van der Waals surface area contributed by atoms with Gasteiger partial charge >= 0.3 is 11.9 Å². The van der Waals surface area contributed by atoms with Gasteiger partial charge in [0.2, 0.25) is 11.7 Å². The van der Waals surface area contributed by atoms with Gasteiger partial charge in [0.25, 0.3) is 5.84 Å². The van der Waals surface area contributed by atoms with Gasteiger partial charge in [-0.25, -0.2) is 9.79 Å². The van der Waals surface area contributed by atoms with E-state index in [1.54, 1.807) is 32.4 Å². The van der Waals surface area contributed by atoms with Crippen molar-refractivity contribution >= 4 is 52.0 Å². The van der Waals surface area contributed by atoms with Gasteiger partial charge in [0.15, 0.2) is 5.92 Å². The first-order chi connectivity index (χ1) is 16.8. The zero-order valence-electron chi connectivity index (χ0n) is 20.4. The lowest BCUT2D eigenvalue weighted by atomic mass is 9.88. The second-order valence-corrected chi connectivity index (χ2v) is 9.68. The molecule has 2 heterocycles. The largest absolute Gasteiger partial charge is 0.497 e. The molecule has 1 aromatic carbocycles. The maximum atomic E-state index is 13.1. The number of anilines is 1. The summed E-state index contributed by atoms with van der Waals surface area (Å²) in [4.78, 5) is 49.0. The summed E-state index contributed by atoms with van der Waals surface area (Å²) < 4.78 is 12.0. The number of hydrogen-bond donors (Lipinski definition) is 1. The first-order valence-electron chi connectivity index (χ1n) is 11.6. The number of nitrogens with one attached hydrogen (secondary N) is 1. The number of nitrogens with zero attached hydrogens (tertiary/aromatic N) is 4. The molecule has 35 heavy (non-hydrogen) atoms. The van der Waals surface area contributed by atoms with Crippen LogP contribution >= 0.6 is 11.8 Å². The number of ether oxygens (including phenoxy) is 2. The molecular weight excluding hydrogens is 470 g/mol. The zero-order valence-corrected chi connectivity index (χ0v) is 21.2. The summed E-state index contributed by atoms with van der Waals surface area (Å²) >= 11 is 1.19. The van der Waals surface area contributed by atoms with Crippen LogP contribution < -0.4 is 14.8 Å². The van der Waals surface area contributed by atoms with Crippen molar-refractivity contribution in [1.82, 2.24) is 4.90 Å². The molecule has 11 heteroatoms. The Hall–Kier alpha value is -3.21. The van der Waals surface area contributed by atoms with Crippen LogP contribution in [0.25, 0.3) is 0 Å². The molecular formula is C24H30N5O5S+. The summed E-state index contributed by atoms with van der Waals surface area (Å²) in [5.41, 5.74) is 0.485. The predicted molar refractivity (Wildman–Crippen MR) is 135 cm³/mol. The Balaban J connectivity index is 1.58. The molecule has 1 aliphatic carbocycles. The Morgan fingerprint density at radius 1 is 1.17 bits per heavy atom. The summed E-state index contributed by atoms with van der Waals surface area (Å²) in [6, 6.07) is 4.71. The van der Waals surface area contributed by atoms with Gasteiger partial charge in [-0.15, -0.1) is 0 Å². The first-order valence-corrected chi connectivity index (χ1v) is 12.6. The average molecular weight is 501 g/mol. The molecule has 0 radical (unpaired) electrons. The molecule has 1 atom stereocenters. The van der Waals surface area contributed by atoms with E-state index in [9.17, 15) is 14.4 Å². The van der Waals surface area contributed by atoms with E-state index in [1.165, 1.54) is 36.9 Å². The monoisotopic (exact) mass is 500 g/mol. The Kier molecular flexibility index (Phi) is 7.54. The second kappa shape index (κ2) is 10.6. The lowest BCUT2D eigenvalue weighted by Crippen LogP contribution is -2.55. The van der Waals surface area contributed by atoms with Crippen molar-refractivity contribution in [2.45, 2.75) is 32.1 Å². The van der Waals surface area contributed by atoms with Crippen LogP contribution in [0.5, 0.6) is 11.5 Å². The van der Waals surface area contributed by atoms with E-state index in [4.69, 9.17) is 14.5 Å². The fourth-order valence-corrected chi connectivity index (χ4v) is 5.37. The molecule has 1 saturated carbocycles. The van der Waals surface area contributed by atoms with Crippen LogP contribution in [-0.2, 0) is 9.59 Å². The third kappa shape index (κ3) is 5.09. The molecule has 4 amide bonds. The van der Waals surface area contributed by atoms with Crippen molar-refractivity contribution in [3.05, 3.63) is 18.2 Å². The maximum Gasteiger partial charge on any atom is 0.445 e. The Labute approximate surface area is 208 Å². The van der Waals surface area contributed by atoms with Crippen LogP contribution in [0.3, 0.4) is 0 Å². The zero-order chi connectivity index (χ0) is 25.1. The Morgan fingerprint density at radius 2 is 1.91 bits per heavy atom. The van der Waals surface area contributed by atoms with Crippen LogP contribution in [0.15, 0.2) is 28.2 Å². The molecule has 0 bridgehead atoms. The number of thioether (sulfide) groups is 1. The van der Waals surface area contributed by atoms with Crippen LogP contribution in [0.4, 0.5) is 10.5 Å². The third-order valence-corrected chi connectivity index (χ3v) is 7.49. The molecule has 3 aliphatic rings. The minimum absolute atomic E-state index is 0.0234. The normalized spacial score (nSPS) is 20.8. The number of aliphatic imine (C=N–C) groups is 2. The fourth-order valence-electron chi connectivity index (χ4n) is 4.49. The lowest BCUT2D eigenvalue weighted by Gasteiger charge is -2.28. The fraction of sp³-hybridized carbons (Fsp3) is 0.500. The maximum absolute atomic E-state index is 13.1. The molecule has 0 aromatic heterocycles. The summed E-state index contributed by atoms with van der Waals surface area (Å²) in [6.07, 6.45) is 5.33. The van der Waals surface area contributed by atoms with Crippen molar-refractivity contribution in [2.75, 3.05) is 39.4 Å². The predicted octanol–water partition coefficient (Wildman–Crippen LogP) is 3.02. The number of imide groups is 1. The number of hydrogen-bond acceptors (Lipinski definition) is 8. The molecule has 2 aliphatic heterocycles. The summed E-state index contributed by atoms with van der Waals surface area (Å²) in [5.74, 6) is 0.836. The van der Waals surface area contributed by atoms with Crippen LogP contribution in [0.1, 0.15) is 32.1 Å². The Bertz CT molecular complexity index is 1140. The number of rotatable bonds is 6. The topological polar surface area (TPSA) is 113 Å². The van der Waals surface area contributed by atoms with Gasteiger partial charge in [-0.1, -0.05) is 36.0 Å². The van der Waals surface area contributed by atoms with Gasteiger partial charge in [-0.05, 0) is 25.0 Å². The van der Waals surface area contributed by atoms with Gasteiger partial charge < -0.3 is 14.8 Å². The number of fused-ring (bicyclic) bond motifs is 1. The number of methoxy groups -OCH3 is 2. The molecule has 10 nitrogen and oxygen atoms in total. The molecule has 1 aromatic rings. The molecule has 1 fully saturated rings.